The van der Waals surface area contributed by atoms with Crippen LogP contribution in [-0.2, 0) is 0 Å². The number of hydrogen-bond donors (Lipinski definition) is 0. The summed E-state index contributed by atoms with van der Waals surface area (Å²) in [6.45, 7) is 3.14. The van der Waals surface area contributed by atoms with Crippen LogP contribution in [-0.4, -0.2) is 60.9 Å². The largest absolute Gasteiger partial charge is 0.353 e. The second kappa shape index (κ2) is 7.71. The Kier molecular flexibility index (Phi) is 4.61. The number of nitriles is 1. The highest BCUT2D eigenvalue weighted by Gasteiger charge is 2.20. The molecule has 4 aromatic rings. The quantitative estimate of drug-likeness (QED) is 0.507. The molecule has 30 heavy (non-hydrogen) atoms. The number of fused-ring (bicyclic) bond motifs is 1. The SMILES string of the molecule is N#Cc1nccnc1N1CCCN(c2ccc3nnc(-c4cccnc4)n3n2)CC1. The molecule has 1 aliphatic heterocycles. The van der Waals surface area contributed by atoms with Gasteiger partial charge >= 0.3 is 0 Å². The van der Waals surface area contributed by atoms with Gasteiger partial charge in [0.1, 0.15) is 11.9 Å². The van der Waals surface area contributed by atoms with Gasteiger partial charge in [-0.15, -0.1) is 15.3 Å². The van der Waals surface area contributed by atoms with Gasteiger partial charge in [0.25, 0.3) is 0 Å². The standard InChI is InChI=1S/C20H18N10/c21-13-16-20(24-8-7-23-16)29-10-2-9-28(11-12-29)18-5-4-17-25-26-19(30(17)27-18)15-3-1-6-22-14-15/h1,3-8,14H,2,9-12H2. The molecule has 1 fully saturated rings. The van der Waals surface area contributed by atoms with Crippen LogP contribution in [0.1, 0.15) is 12.1 Å². The van der Waals surface area contributed by atoms with E-state index in [1.165, 1.54) is 0 Å². The lowest BCUT2D eigenvalue weighted by atomic mass is 10.3. The summed E-state index contributed by atoms with van der Waals surface area (Å²) in [5, 5.41) is 22.6. The fourth-order valence-electron chi connectivity index (χ4n) is 3.62. The third-order valence-corrected chi connectivity index (χ3v) is 5.07. The van der Waals surface area contributed by atoms with Gasteiger partial charge in [0, 0.05) is 56.5 Å². The monoisotopic (exact) mass is 398 g/mol. The van der Waals surface area contributed by atoms with Crippen molar-refractivity contribution in [1.82, 2.24) is 34.8 Å². The maximum Gasteiger partial charge on any atom is 0.187 e. The summed E-state index contributed by atoms with van der Waals surface area (Å²) in [5.74, 6) is 2.16. The van der Waals surface area contributed by atoms with Gasteiger partial charge in [-0.1, -0.05) is 0 Å². The molecule has 0 radical (unpaired) electrons. The van der Waals surface area contributed by atoms with E-state index in [-0.39, 0.29) is 0 Å². The first-order chi connectivity index (χ1) is 14.8. The predicted molar refractivity (Wildman–Crippen MR) is 110 cm³/mol. The Morgan fingerprint density at radius 1 is 0.900 bits per heavy atom. The molecule has 5 rings (SSSR count). The molecule has 0 atom stereocenters. The van der Waals surface area contributed by atoms with Crippen LogP contribution in [0.25, 0.3) is 17.0 Å². The molecule has 0 saturated carbocycles. The van der Waals surface area contributed by atoms with Crippen LogP contribution < -0.4 is 9.80 Å². The molecule has 4 aromatic heterocycles. The van der Waals surface area contributed by atoms with Crippen molar-refractivity contribution in [3.05, 3.63) is 54.7 Å². The Morgan fingerprint density at radius 3 is 2.63 bits per heavy atom. The lowest BCUT2D eigenvalue weighted by molar-refractivity contribution is 0.777. The summed E-state index contributed by atoms with van der Waals surface area (Å²) in [6, 6.07) is 9.83. The summed E-state index contributed by atoms with van der Waals surface area (Å²) >= 11 is 0. The first kappa shape index (κ1) is 17.9. The van der Waals surface area contributed by atoms with Gasteiger partial charge in [-0.05, 0) is 30.7 Å². The van der Waals surface area contributed by atoms with Crippen molar-refractivity contribution in [1.29, 1.82) is 5.26 Å². The highest BCUT2D eigenvalue weighted by Crippen LogP contribution is 2.21. The number of anilines is 2. The molecule has 0 aliphatic carbocycles. The Labute approximate surface area is 172 Å². The topological polar surface area (TPSA) is 112 Å². The van der Waals surface area contributed by atoms with E-state index in [0.29, 0.717) is 23.0 Å². The van der Waals surface area contributed by atoms with Crippen LogP contribution in [0.15, 0.2) is 49.1 Å². The molecular formula is C20H18N10. The molecule has 1 saturated heterocycles. The smallest absolute Gasteiger partial charge is 0.187 e. The molecule has 10 heteroatoms. The lowest BCUT2D eigenvalue weighted by Crippen LogP contribution is -2.32. The fraction of sp³-hybridized carbons (Fsp3) is 0.250. The van der Waals surface area contributed by atoms with Crippen molar-refractivity contribution in [2.24, 2.45) is 0 Å². The van der Waals surface area contributed by atoms with E-state index in [4.69, 9.17) is 5.10 Å². The van der Waals surface area contributed by atoms with Crippen LogP contribution in [0.2, 0.25) is 0 Å². The molecule has 0 amide bonds. The maximum absolute atomic E-state index is 9.33. The summed E-state index contributed by atoms with van der Waals surface area (Å²) in [6.07, 6.45) is 7.56. The van der Waals surface area contributed by atoms with Crippen LogP contribution in [0.3, 0.4) is 0 Å². The van der Waals surface area contributed by atoms with Crippen molar-refractivity contribution < 1.29 is 0 Å². The Morgan fingerprint density at radius 2 is 1.77 bits per heavy atom. The van der Waals surface area contributed by atoms with Crippen LogP contribution >= 0.6 is 0 Å². The van der Waals surface area contributed by atoms with Gasteiger partial charge in [-0.25, -0.2) is 9.97 Å². The van der Waals surface area contributed by atoms with E-state index in [2.05, 4.69) is 41.0 Å². The average Bonchev–Trinajstić information content (AvgIpc) is 3.08. The highest BCUT2D eigenvalue weighted by molar-refractivity contribution is 5.58. The zero-order valence-corrected chi connectivity index (χ0v) is 16.1. The first-order valence-corrected chi connectivity index (χ1v) is 9.67. The summed E-state index contributed by atoms with van der Waals surface area (Å²) in [5.41, 5.74) is 1.91. The Bertz CT molecular complexity index is 1210. The van der Waals surface area contributed by atoms with E-state index in [1.807, 2.05) is 24.3 Å². The van der Waals surface area contributed by atoms with Gasteiger partial charge in [-0.2, -0.15) is 9.78 Å². The summed E-state index contributed by atoms with van der Waals surface area (Å²) in [7, 11) is 0. The third-order valence-electron chi connectivity index (χ3n) is 5.07. The molecule has 5 heterocycles. The Hall–Kier alpha value is -4.13. The minimum absolute atomic E-state index is 0.357. The van der Waals surface area contributed by atoms with E-state index >= 15 is 0 Å². The van der Waals surface area contributed by atoms with Gasteiger partial charge in [0.15, 0.2) is 23.0 Å². The predicted octanol–water partition coefficient (Wildman–Crippen LogP) is 1.56. The molecule has 0 N–H and O–H groups in total. The van der Waals surface area contributed by atoms with E-state index in [1.54, 1.807) is 29.3 Å². The van der Waals surface area contributed by atoms with Crippen molar-refractivity contribution >= 4 is 17.3 Å². The van der Waals surface area contributed by atoms with Crippen LogP contribution in [0.4, 0.5) is 11.6 Å². The number of rotatable bonds is 3. The molecule has 0 aromatic carbocycles. The molecule has 0 spiro atoms. The fourth-order valence-corrected chi connectivity index (χ4v) is 3.62. The van der Waals surface area contributed by atoms with Crippen molar-refractivity contribution in [2.45, 2.75) is 6.42 Å². The second-order valence-electron chi connectivity index (χ2n) is 6.89. The average molecular weight is 398 g/mol. The van der Waals surface area contributed by atoms with E-state index in [0.717, 1.165) is 44.0 Å². The van der Waals surface area contributed by atoms with E-state index in [9.17, 15) is 5.26 Å². The third kappa shape index (κ3) is 3.26. The van der Waals surface area contributed by atoms with Gasteiger partial charge in [-0.3, -0.25) is 4.98 Å². The first-order valence-electron chi connectivity index (χ1n) is 9.67. The lowest BCUT2D eigenvalue weighted by Gasteiger charge is -2.23. The molecular weight excluding hydrogens is 380 g/mol. The summed E-state index contributed by atoms with van der Waals surface area (Å²) < 4.78 is 1.76. The minimum atomic E-state index is 0.357. The highest BCUT2D eigenvalue weighted by atomic mass is 15.4. The molecule has 1 aliphatic rings. The maximum atomic E-state index is 9.33. The molecule has 0 unspecified atom stereocenters. The number of aromatic nitrogens is 7. The van der Waals surface area contributed by atoms with Gasteiger partial charge < -0.3 is 9.80 Å². The zero-order chi connectivity index (χ0) is 20.3. The molecule has 148 valence electrons. The molecule has 0 bridgehead atoms. The Balaban J connectivity index is 1.42. The normalized spacial score (nSPS) is 14.5. The van der Waals surface area contributed by atoms with Gasteiger partial charge in [0.05, 0.1) is 0 Å². The van der Waals surface area contributed by atoms with Crippen molar-refractivity contribution in [3.8, 4) is 17.5 Å². The number of pyridine rings is 1. The van der Waals surface area contributed by atoms with Crippen molar-refractivity contribution in [3.63, 3.8) is 0 Å². The van der Waals surface area contributed by atoms with E-state index < -0.39 is 0 Å². The van der Waals surface area contributed by atoms with Crippen LogP contribution in [0.5, 0.6) is 0 Å². The number of hydrogen-bond acceptors (Lipinski definition) is 9. The number of nitrogens with zero attached hydrogens (tertiary/aromatic N) is 10. The zero-order valence-electron chi connectivity index (χ0n) is 16.1. The van der Waals surface area contributed by atoms with Crippen molar-refractivity contribution in [2.75, 3.05) is 36.0 Å². The van der Waals surface area contributed by atoms with Crippen LogP contribution in [0, 0.1) is 11.3 Å². The minimum Gasteiger partial charge on any atom is -0.353 e. The second-order valence-corrected chi connectivity index (χ2v) is 6.89. The van der Waals surface area contributed by atoms with Gasteiger partial charge in [0.2, 0.25) is 0 Å². The molecule has 10 nitrogen and oxygen atoms in total. The summed E-state index contributed by atoms with van der Waals surface area (Å²) in [4.78, 5) is 17.0.